The van der Waals surface area contributed by atoms with E-state index in [0.717, 1.165) is 30.4 Å². The SMILES string of the molecule is O=C(O)c1ccc2c(c1)S(=O)(=O)c1cc3c(cc1CC2)CCC3. The van der Waals surface area contributed by atoms with Crippen molar-refractivity contribution >= 4 is 15.8 Å². The zero-order valence-corrected chi connectivity index (χ0v) is 13.3. The third kappa shape index (κ3) is 2.18. The number of hydrogen-bond donors (Lipinski definition) is 1. The van der Waals surface area contributed by atoms with E-state index in [0.29, 0.717) is 23.3 Å². The Morgan fingerprint density at radius 1 is 0.826 bits per heavy atom. The van der Waals surface area contributed by atoms with Crippen molar-refractivity contribution in [3.63, 3.8) is 0 Å². The molecule has 0 unspecified atom stereocenters. The Balaban J connectivity index is 1.97. The van der Waals surface area contributed by atoms with Gasteiger partial charge in [-0.25, -0.2) is 13.2 Å². The summed E-state index contributed by atoms with van der Waals surface area (Å²) < 4.78 is 26.2. The van der Waals surface area contributed by atoms with Crippen LogP contribution < -0.4 is 0 Å². The van der Waals surface area contributed by atoms with E-state index in [4.69, 9.17) is 5.11 Å². The number of fused-ring (bicyclic) bond motifs is 3. The van der Waals surface area contributed by atoms with Crippen LogP contribution in [0.15, 0.2) is 40.1 Å². The minimum atomic E-state index is -3.68. The van der Waals surface area contributed by atoms with E-state index in [1.54, 1.807) is 6.07 Å². The number of benzene rings is 2. The summed E-state index contributed by atoms with van der Waals surface area (Å²) in [6.45, 7) is 0. The first-order valence-electron chi connectivity index (χ1n) is 7.73. The van der Waals surface area contributed by atoms with Gasteiger partial charge in [0, 0.05) is 0 Å². The third-order valence-corrected chi connectivity index (χ3v) is 6.75. The maximum atomic E-state index is 13.1. The molecule has 1 heterocycles. The Morgan fingerprint density at radius 3 is 2.22 bits per heavy atom. The quantitative estimate of drug-likeness (QED) is 0.874. The molecule has 0 saturated carbocycles. The summed E-state index contributed by atoms with van der Waals surface area (Å²) in [5, 5.41) is 9.15. The monoisotopic (exact) mass is 328 g/mol. The van der Waals surface area contributed by atoms with Crippen LogP contribution in [-0.2, 0) is 35.5 Å². The van der Waals surface area contributed by atoms with Gasteiger partial charge >= 0.3 is 5.97 Å². The number of sulfone groups is 1. The molecule has 0 atom stereocenters. The van der Waals surface area contributed by atoms with Gasteiger partial charge in [0.2, 0.25) is 9.84 Å². The van der Waals surface area contributed by atoms with Gasteiger partial charge in [-0.3, -0.25) is 0 Å². The fourth-order valence-corrected chi connectivity index (χ4v) is 5.47. The minimum Gasteiger partial charge on any atom is -0.478 e. The number of carboxylic acid groups (broad SMARTS) is 1. The molecule has 1 aliphatic carbocycles. The Kier molecular flexibility index (Phi) is 3.10. The van der Waals surface area contributed by atoms with Crippen molar-refractivity contribution in [2.75, 3.05) is 0 Å². The summed E-state index contributed by atoms with van der Waals surface area (Å²) in [5.74, 6) is -1.11. The normalized spacial score (nSPS) is 17.7. The van der Waals surface area contributed by atoms with Crippen LogP contribution in [0.3, 0.4) is 0 Å². The number of hydrogen-bond acceptors (Lipinski definition) is 3. The maximum Gasteiger partial charge on any atom is 0.335 e. The summed E-state index contributed by atoms with van der Waals surface area (Å²) in [6, 6.07) is 8.27. The average molecular weight is 328 g/mol. The standard InChI is InChI=1S/C18H16O4S/c19-18(20)15-7-5-11-4-6-14-8-12-2-1-3-13(12)9-17(14)23(21,22)16(11)10-15/h5,7-10H,1-4,6H2,(H,19,20). The van der Waals surface area contributed by atoms with Crippen molar-refractivity contribution in [1.82, 2.24) is 0 Å². The lowest BCUT2D eigenvalue weighted by molar-refractivity contribution is 0.0696. The first kappa shape index (κ1) is 14.5. The molecule has 2 aliphatic rings. The van der Waals surface area contributed by atoms with Gasteiger partial charge in [-0.1, -0.05) is 12.1 Å². The van der Waals surface area contributed by atoms with Gasteiger partial charge in [-0.05, 0) is 72.6 Å². The second kappa shape index (κ2) is 4.93. The molecule has 0 aromatic heterocycles. The van der Waals surface area contributed by atoms with Crippen LogP contribution in [0.1, 0.15) is 39.0 Å². The summed E-state index contributed by atoms with van der Waals surface area (Å²) >= 11 is 0. The molecular formula is C18H16O4S. The molecule has 5 heteroatoms. The highest BCUT2D eigenvalue weighted by Gasteiger charge is 2.30. The fourth-order valence-electron chi connectivity index (χ4n) is 3.63. The van der Waals surface area contributed by atoms with Crippen molar-refractivity contribution in [2.24, 2.45) is 0 Å². The number of carbonyl (C=O) groups is 1. The molecule has 1 aliphatic heterocycles. The second-order valence-corrected chi connectivity index (χ2v) is 8.10. The predicted octanol–water partition coefficient (Wildman–Crippen LogP) is 2.80. The van der Waals surface area contributed by atoms with Crippen molar-refractivity contribution in [2.45, 2.75) is 41.9 Å². The number of aryl methyl sites for hydroxylation is 4. The van der Waals surface area contributed by atoms with Crippen molar-refractivity contribution in [3.05, 3.63) is 58.1 Å². The molecule has 4 nitrogen and oxygen atoms in total. The lowest BCUT2D eigenvalue weighted by atomic mass is 10.00. The Bertz CT molecular complexity index is 942. The molecule has 1 N–H and O–H groups in total. The number of aromatic carboxylic acids is 1. The zero-order valence-electron chi connectivity index (χ0n) is 12.5. The summed E-state index contributed by atoms with van der Waals surface area (Å²) in [5.41, 5.74) is 3.95. The topological polar surface area (TPSA) is 71.4 Å². The van der Waals surface area contributed by atoms with Crippen molar-refractivity contribution < 1.29 is 18.3 Å². The fraction of sp³-hybridized carbons (Fsp3) is 0.278. The molecule has 0 amide bonds. The largest absolute Gasteiger partial charge is 0.478 e. The van der Waals surface area contributed by atoms with Crippen LogP contribution in [0.25, 0.3) is 0 Å². The molecule has 0 spiro atoms. The van der Waals surface area contributed by atoms with E-state index >= 15 is 0 Å². The lowest BCUT2D eigenvalue weighted by Gasteiger charge is -2.11. The molecule has 118 valence electrons. The molecule has 2 aromatic carbocycles. The van der Waals surface area contributed by atoms with Gasteiger partial charge in [-0.2, -0.15) is 0 Å². The van der Waals surface area contributed by atoms with Crippen LogP contribution in [0.4, 0.5) is 0 Å². The van der Waals surface area contributed by atoms with Gasteiger partial charge < -0.3 is 5.11 Å². The lowest BCUT2D eigenvalue weighted by Crippen LogP contribution is -2.08. The molecule has 2 aromatic rings. The van der Waals surface area contributed by atoms with E-state index in [2.05, 4.69) is 0 Å². The van der Waals surface area contributed by atoms with Crippen LogP contribution in [0.2, 0.25) is 0 Å². The van der Waals surface area contributed by atoms with E-state index in [1.807, 2.05) is 12.1 Å². The molecule has 0 bridgehead atoms. The Hall–Kier alpha value is -2.14. The van der Waals surface area contributed by atoms with E-state index in [1.165, 1.54) is 17.7 Å². The van der Waals surface area contributed by atoms with Crippen LogP contribution in [0, 0.1) is 0 Å². The van der Waals surface area contributed by atoms with Gasteiger partial charge in [0.25, 0.3) is 0 Å². The average Bonchev–Trinajstić information content (AvgIpc) is 2.95. The Labute approximate surface area is 134 Å². The highest BCUT2D eigenvalue weighted by molar-refractivity contribution is 7.91. The highest BCUT2D eigenvalue weighted by atomic mass is 32.2. The minimum absolute atomic E-state index is 0.0111. The van der Waals surface area contributed by atoms with Crippen molar-refractivity contribution in [1.29, 1.82) is 0 Å². The summed E-state index contributed by atoms with van der Waals surface area (Å²) in [6.07, 6.45) is 4.28. The maximum absolute atomic E-state index is 13.1. The molecule has 23 heavy (non-hydrogen) atoms. The van der Waals surface area contributed by atoms with Crippen LogP contribution in [-0.4, -0.2) is 19.5 Å². The van der Waals surface area contributed by atoms with Gasteiger partial charge in [0.15, 0.2) is 0 Å². The van der Waals surface area contributed by atoms with Crippen molar-refractivity contribution in [3.8, 4) is 0 Å². The van der Waals surface area contributed by atoms with Gasteiger partial charge in [0.1, 0.15) is 0 Å². The van der Waals surface area contributed by atoms with Gasteiger partial charge in [0.05, 0.1) is 15.4 Å². The van der Waals surface area contributed by atoms with E-state index < -0.39 is 15.8 Å². The first-order valence-corrected chi connectivity index (χ1v) is 9.21. The first-order chi connectivity index (χ1) is 11.0. The van der Waals surface area contributed by atoms with E-state index in [9.17, 15) is 13.2 Å². The summed E-state index contributed by atoms with van der Waals surface area (Å²) in [7, 11) is -3.68. The molecule has 4 rings (SSSR count). The summed E-state index contributed by atoms with van der Waals surface area (Å²) in [4.78, 5) is 11.7. The third-order valence-electron chi connectivity index (χ3n) is 4.83. The molecule has 0 radical (unpaired) electrons. The Morgan fingerprint density at radius 2 is 1.48 bits per heavy atom. The molecule has 0 saturated heterocycles. The molecular weight excluding hydrogens is 312 g/mol. The highest BCUT2D eigenvalue weighted by Crippen LogP contribution is 2.36. The smallest absolute Gasteiger partial charge is 0.335 e. The molecule has 0 fully saturated rings. The second-order valence-electron chi connectivity index (χ2n) is 6.21. The number of rotatable bonds is 1. The van der Waals surface area contributed by atoms with Gasteiger partial charge in [-0.15, -0.1) is 0 Å². The predicted molar refractivity (Wildman–Crippen MR) is 84.7 cm³/mol. The zero-order chi connectivity index (χ0) is 16.2. The van der Waals surface area contributed by atoms with E-state index in [-0.39, 0.29) is 10.5 Å². The van der Waals surface area contributed by atoms with Crippen LogP contribution >= 0.6 is 0 Å². The number of carboxylic acids is 1. The van der Waals surface area contributed by atoms with Crippen LogP contribution in [0.5, 0.6) is 0 Å².